The molecule has 0 amide bonds. The summed E-state index contributed by atoms with van der Waals surface area (Å²) in [6.45, 7) is 6.20. The van der Waals surface area contributed by atoms with Crippen LogP contribution in [0.4, 0.5) is 0 Å². The fraction of sp³-hybridized carbons (Fsp3) is 0.240. The van der Waals surface area contributed by atoms with Crippen molar-refractivity contribution in [2.75, 3.05) is 14.2 Å². The van der Waals surface area contributed by atoms with Crippen molar-refractivity contribution >= 4 is 18.3 Å². The van der Waals surface area contributed by atoms with Gasteiger partial charge in [0.25, 0.3) is 0 Å². The molecule has 3 aromatic rings. The Bertz CT molecular complexity index is 1120. The first-order valence-corrected chi connectivity index (χ1v) is 12.3. The van der Waals surface area contributed by atoms with Crippen molar-refractivity contribution in [2.24, 2.45) is 0 Å². The van der Waals surface area contributed by atoms with Gasteiger partial charge in [-0.05, 0) is 0 Å². The van der Waals surface area contributed by atoms with Gasteiger partial charge < -0.3 is 0 Å². The van der Waals surface area contributed by atoms with Gasteiger partial charge in [-0.25, -0.2) is 0 Å². The summed E-state index contributed by atoms with van der Waals surface area (Å²) in [5, 5.41) is 14.2. The van der Waals surface area contributed by atoms with Crippen LogP contribution in [0.3, 0.4) is 0 Å². The summed E-state index contributed by atoms with van der Waals surface area (Å²) >= 11 is 0. The minimum atomic E-state index is -4.20. The average Bonchev–Trinajstić information content (AvgIpc) is 3.05. The Hall–Kier alpha value is -2.72. The molecular formula is C25H28NO4P. The fourth-order valence-electron chi connectivity index (χ4n) is 4.85. The molecule has 1 atom stereocenters. The molecule has 0 saturated carbocycles. The van der Waals surface area contributed by atoms with Crippen LogP contribution in [-0.2, 0) is 13.7 Å². The quantitative estimate of drug-likeness (QED) is 0.390. The van der Waals surface area contributed by atoms with Crippen molar-refractivity contribution in [1.82, 2.24) is 0 Å². The second-order valence-corrected chi connectivity index (χ2v) is 11.8. The van der Waals surface area contributed by atoms with Gasteiger partial charge in [-0.15, -0.1) is 0 Å². The first-order valence-electron chi connectivity index (χ1n) is 10.2. The molecule has 0 saturated heterocycles. The van der Waals surface area contributed by atoms with Crippen LogP contribution in [0.15, 0.2) is 72.8 Å². The van der Waals surface area contributed by atoms with Crippen LogP contribution in [0.1, 0.15) is 33.5 Å². The molecule has 1 heterocycles. The van der Waals surface area contributed by atoms with Gasteiger partial charge in [-0.2, -0.15) is 0 Å². The van der Waals surface area contributed by atoms with Crippen molar-refractivity contribution in [3.05, 3.63) is 106 Å². The van der Waals surface area contributed by atoms with Crippen molar-refractivity contribution in [1.29, 1.82) is 0 Å². The van der Waals surface area contributed by atoms with Gasteiger partial charge in [-0.3, -0.25) is 0 Å². The van der Waals surface area contributed by atoms with E-state index in [1.54, 1.807) is 14.2 Å². The van der Waals surface area contributed by atoms with Gasteiger partial charge in [0.15, 0.2) is 0 Å². The number of aryl methyl sites for hydroxylation is 3. The Morgan fingerprint density at radius 3 is 1.87 bits per heavy atom. The molecule has 1 unspecified atom stereocenters. The predicted molar refractivity (Wildman–Crippen MR) is 126 cm³/mol. The Morgan fingerprint density at radius 2 is 1.35 bits per heavy atom. The third-order valence-corrected chi connectivity index (χ3v) is 10.6. The zero-order valence-electron chi connectivity index (χ0n) is 18.5. The van der Waals surface area contributed by atoms with Crippen LogP contribution < -0.4 is 5.30 Å². The molecule has 5 nitrogen and oxygen atoms in total. The molecule has 162 valence electrons. The van der Waals surface area contributed by atoms with Gasteiger partial charge in [0.2, 0.25) is 0 Å². The molecular weight excluding hydrogens is 409 g/mol. The minimum absolute atomic E-state index is 0.487. The van der Waals surface area contributed by atoms with Crippen molar-refractivity contribution < 1.29 is 18.6 Å². The Labute approximate surface area is 183 Å². The molecule has 0 aliphatic carbocycles. The van der Waals surface area contributed by atoms with Crippen molar-refractivity contribution in [3.63, 3.8) is 0 Å². The van der Waals surface area contributed by atoms with Gasteiger partial charge in [0.1, 0.15) is 0 Å². The molecule has 6 heteroatoms. The van der Waals surface area contributed by atoms with E-state index in [-0.39, 0.29) is 0 Å². The van der Waals surface area contributed by atoms with E-state index >= 15 is 0 Å². The normalized spacial score (nSPS) is 20.7. The summed E-state index contributed by atoms with van der Waals surface area (Å²) in [7, 11) is -1.06. The van der Waals surface area contributed by atoms with Gasteiger partial charge in [0.05, 0.1) is 0 Å². The molecule has 0 spiro atoms. The summed E-state index contributed by atoms with van der Waals surface area (Å²) in [6.07, 6.45) is 0. The molecule has 31 heavy (non-hydrogen) atoms. The number of rotatable bonds is 5. The van der Waals surface area contributed by atoms with Gasteiger partial charge >= 0.3 is 183 Å². The van der Waals surface area contributed by atoms with E-state index in [1.807, 2.05) is 60.7 Å². The average molecular weight is 437 g/mol. The van der Waals surface area contributed by atoms with Crippen molar-refractivity contribution in [2.45, 2.75) is 26.4 Å². The topological polar surface area (TPSA) is 53.8 Å². The molecule has 4 rings (SSSR count). The summed E-state index contributed by atoms with van der Waals surface area (Å²) in [5.41, 5.74) is 4.99. The van der Waals surface area contributed by atoms with E-state index in [4.69, 9.17) is 13.7 Å². The Morgan fingerprint density at radius 1 is 0.839 bits per heavy atom. The summed E-state index contributed by atoms with van der Waals surface area (Å²) < 4.78 is 18.8. The first kappa shape index (κ1) is 21.5. The molecule has 0 aromatic heterocycles. The van der Waals surface area contributed by atoms with E-state index in [0.29, 0.717) is 10.6 Å². The maximum absolute atomic E-state index is 13.5. The molecule has 3 aromatic carbocycles. The zero-order chi connectivity index (χ0) is 22.2. The molecule has 0 radical (unpaired) electrons. The van der Waals surface area contributed by atoms with Crippen LogP contribution in [0.2, 0.25) is 0 Å². The van der Waals surface area contributed by atoms with Gasteiger partial charge in [-0.1, -0.05) is 0 Å². The van der Waals surface area contributed by atoms with E-state index in [2.05, 4.69) is 32.9 Å². The fourth-order valence-corrected chi connectivity index (χ4v) is 9.06. The van der Waals surface area contributed by atoms with Crippen LogP contribution in [-0.4, -0.2) is 24.8 Å². The van der Waals surface area contributed by atoms with E-state index in [9.17, 15) is 5.21 Å². The van der Waals surface area contributed by atoms with E-state index in [1.165, 1.54) is 0 Å². The molecule has 0 bridgehead atoms. The number of nitrogens with zero attached hydrogens (tertiary/aromatic N) is 1. The SMILES string of the molecule is COP1(OC)(c2ccccc2)O[N+]([O-])=C(c2ccccc2)C1c1c(C)cc(C)cc1C. The second-order valence-electron chi connectivity index (χ2n) is 7.95. The third kappa shape index (κ3) is 3.08. The van der Waals surface area contributed by atoms with Crippen LogP contribution in [0.5, 0.6) is 0 Å². The predicted octanol–water partition coefficient (Wildman–Crippen LogP) is 5.51. The standard InChI is InChI=1S/C25H28NO4P/c1-18-16-19(2)23(20(3)17-18)25-24(21-12-8-6-9-13-21)26(27)30-31(25,28-4,29-5)22-14-10-7-11-15-22/h6-17,25H,1-5H3. The number of benzene rings is 3. The first-order chi connectivity index (χ1) is 14.9. The number of hydrogen-bond donors (Lipinski definition) is 0. The summed E-state index contributed by atoms with van der Waals surface area (Å²) in [6, 6.07) is 23.4. The monoisotopic (exact) mass is 437 g/mol. The van der Waals surface area contributed by atoms with E-state index < -0.39 is 12.9 Å². The van der Waals surface area contributed by atoms with Gasteiger partial charge in [0, 0.05) is 0 Å². The van der Waals surface area contributed by atoms with Crippen LogP contribution in [0, 0.1) is 26.0 Å². The third-order valence-electron chi connectivity index (χ3n) is 6.12. The van der Waals surface area contributed by atoms with Crippen LogP contribution >= 0.6 is 7.28 Å². The second kappa shape index (κ2) is 7.76. The number of hydrogen-bond acceptors (Lipinski definition) is 4. The molecule has 0 N–H and O–H groups in total. The molecule has 1 aliphatic rings. The zero-order valence-corrected chi connectivity index (χ0v) is 19.4. The summed E-state index contributed by atoms with van der Waals surface area (Å²) in [4.78, 5) is 0.608. The Kier molecular flexibility index (Phi) is 5.38. The molecule has 1 aliphatic heterocycles. The Balaban J connectivity index is 2.13. The summed E-state index contributed by atoms with van der Waals surface area (Å²) in [5.74, 6) is 0. The molecule has 0 fully saturated rings. The van der Waals surface area contributed by atoms with Crippen LogP contribution in [0.25, 0.3) is 0 Å². The van der Waals surface area contributed by atoms with E-state index in [0.717, 1.165) is 33.1 Å². The maximum atomic E-state index is 13.5. The van der Waals surface area contributed by atoms with Crippen molar-refractivity contribution in [3.8, 4) is 0 Å².